The van der Waals surface area contributed by atoms with Crippen LogP contribution in [0.4, 0.5) is 0 Å². The van der Waals surface area contributed by atoms with Gasteiger partial charge in [0.1, 0.15) is 0 Å². The fourth-order valence-corrected chi connectivity index (χ4v) is 3.68. The van der Waals surface area contributed by atoms with Gasteiger partial charge in [-0.05, 0) is 63.1 Å². The largest absolute Gasteiger partial charge is 0.309 e. The molecule has 0 saturated heterocycles. The van der Waals surface area contributed by atoms with E-state index >= 15 is 0 Å². The van der Waals surface area contributed by atoms with Gasteiger partial charge in [-0.15, -0.1) is 11.3 Å². The smallest absolute Gasteiger partial charge is 0.0327 e. The molecule has 0 aliphatic heterocycles. The molecule has 0 spiro atoms. The number of thiophene rings is 2. The molecule has 0 fully saturated rings. The van der Waals surface area contributed by atoms with Gasteiger partial charge in [0.05, 0.1) is 0 Å². The standard InChI is InChI=1S/C12H14BrNS2/c1-9(6-10-2-4-15-8-10)14-7-12-11(13)3-5-16-12/h2-5,8-9,14H,6-7H2,1H3. The van der Waals surface area contributed by atoms with E-state index in [-0.39, 0.29) is 0 Å². The fourth-order valence-electron chi connectivity index (χ4n) is 1.55. The van der Waals surface area contributed by atoms with Gasteiger partial charge in [-0.2, -0.15) is 11.3 Å². The first-order valence-electron chi connectivity index (χ1n) is 5.22. The maximum Gasteiger partial charge on any atom is 0.0327 e. The average molecular weight is 316 g/mol. The zero-order valence-corrected chi connectivity index (χ0v) is 12.3. The highest BCUT2D eigenvalue weighted by atomic mass is 79.9. The molecular weight excluding hydrogens is 302 g/mol. The van der Waals surface area contributed by atoms with Crippen molar-refractivity contribution in [1.82, 2.24) is 5.32 Å². The summed E-state index contributed by atoms with van der Waals surface area (Å²) in [4.78, 5) is 1.37. The van der Waals surface area contributed by atoms with Crippen molar-refractivity contribution in [3.8, 4) is 0 Å². The topological polar surface area (TPSA) is 12.0 Å². The van der Waals surface area contributed by atoms with Gasteiger partial charge in [0.15, 0.2) is 0 Å². The lowest BCUT2D eigenvalue weighted by Crippen LogP contribution is -2.27. The van der Waals surface area contributed by atoms with Gasteiger partial charge >= 0.3 is 0 Å². The Hall–Kier alpha value is -0.160. The highest BCUT2D eigenvalue weighted by Crippen LogP contribution is 2.22. The van der Waals surface area contributed by atoms with Gasteiger partial charge in [0.2, 0.25) is 0 Å². The molecule has 0 aliphatic rings. The zero-order valence-electron chi connectivity index (χ0n) is 9.07. The molecule has 0 bridgehead atoms. The Morgan fingerprint density at radius 3 is 2.88 bits per heavy atom. The maximum atomic E-state index is 3.55. The molecule has 1 atom stereocenters. The highest BCUT2D eigenvalue weighted by Gasteiger charge is 2.06. The Kier molecular flexibility index (Phi) is 4.58. The van der Waals surface area contributed by atoms with Crippen molar-refractivity contribution in [2.45, 2.75) is 25.9 Å². The summed E-state index contributed by atoms with van der Waals surface area (Å²) in [5.74, 6) is 0. The molecule has 2 rings (SSSR count). The SMILES string of the molecule is CC(Cc1ccsc1)NCc1sccc1Br. The van der Waals surface area contributed by atoms with Crippen LogP contribution >= 0.6 is 38.6 Å². The quantitative estimate of drug-likeness (QED) is 0.867. The minimum absolute atomic E-state index is 0.517. The molecule has 16 heavy (non-hydrogen) atoms. The van der Waals surface area contributed by atoms with Crippen LogP contribution in [0, 0.1) is 0 Å². The minimum Gasteiger partial charge on any atom is -0.309 e. The molecule has 1 unspecified atom stereocenters. The first-order chi connectivity index (χ1) is 7.75. The van der Waals surface area contributed by atoms with Gasteiger partial charge in [0, 0.05) is 21.9 Å². The number of hydrogen-bond acceptors (Lipinski definition) is 3. The summed E-state index contributed by atoms with van der Waals surface area (Å²) in [6, 6.07) is 4.82. The van der Waals surface area contributed by atoms with Crippen LogP contribution in [0.25, 0.3) is 0 Å². The summed E-state index contributed by atoms with van der Waals surface area (Å²) < 4.78 is 1.22. The van der Waals surface area contributed by atoms with Crippen LogP contribution in [0.1, 0.15) is 17.4 Å². The fraction of sp³-hybridized carbons (Fsp3) is 0.333. The first kappa shape index (κ1) is 12.3. The first-order valence-corrected chi connectivity index (χ1v) is 7.83. The Morgan fingerprint density at radius 1 is 1.38 bits per heavy atom. The lowest BCUT2D eigenvalue weighted by Gasteiger charge is -2.12. The summed E-state index contributed by atoms with van der Waals surface area (Å²) >= 11 is 7.11. The van der Waals surface area contributed by atoms with Crippen LogP contribution in [0.15, 0.2) is 32.7 Å². The number of rotatable bonds is 5. The Labute approximate surface area is 113 Å². The van der Waals surface area contributed by atoms with E-state index in [4.69, 9.17) is 0 Å². The zero-order chi connectivity index (χ0) is 11.4. The molecule has 2 heterocycles. The van der Waals surface area contributed by atoms with Crippen molar-refractivity contribution in [3.05, 3.63) is 43.2 Å². The van der Waals surface area contributed by atoms with Gasteiger partial charge in [0.25, 0.3) is 0 Å². The van der Waals surface area contributed by atoms with E-state index in [0.717, 1.165) is 13.0 Å². The minimum atomic E-state index is 0.517. The summed E-state index contributed by atoms with van der Waals surface area (Å²) in [6.07, 6.45) is 1.10. The van der Waals surface area contributed by atoms with Crippen LogP contribution in [0.5, 0.6) is 0 Å². The van der Waals surface area contributed by atoms with Gasteiger partial charge in [-0.3, -0.25) is 0 Å². The van der Waals surface area contributed by atoms with Gasteiger partial charge in [-0.1, -0.05) is 0 Å². The molecule has 1 nitrogen and oxygen atoms in total. The van der Waals surface area contributed by atoms with Crippen molar-refractivity contribution in [2.24, 2.45) is 0 Å². The van der Waals surface area contributed by atoms with E-state index in [1.807, 2.05) is 0 Å². The molecule has 1 N–H and O–H groups in total. The molecule has 4 heteroatoms. The third-order valence-corrected chi connectivity index (χ3v) is 5.08. The maximum absolute atomic E-state index is 3.55. The summed E-state index contributed by atoms with van der Waals surface area (Å²) in [6.45, 7) is 3.18. The van der Waals surface area contributed by atoms with Gasteiger partial charge in [-0.25, -0.2) is 0 Å². The van der Waals surface area contributed by atoms with Gasteiger partial charge < -0.3 is 5.32 Å². The number of nitrogens with one attached hydrogen (secondary N) is 1. The summed E-state index contributed by atoms with van der Waals surface area (Å²) in [7, 11) is 0. The molecule has 0 saturated carbocycles. The normalized spacial score (nSPS) is 12.9. The van der Waals surface area contributed by atoms with Crippen LogP contribution in [-0.2, 0) is 13.0 Å². The monoisotopic (exact) mass is 315 g/mol. The van der Waals surface area contributed by atoms with Crippen molar-refractivity contribution in [3.63, 3.8) is 0 Å². The van der Waals surface area contributed by atoms with Crippen LogP contribution < -0.4 is 5.32 Å². The van der Waals surface area contributed by atoms with Crippen molar-refractivity contribution < 1.29 is 0 Å². The van der Waals surface area contributed by atoms with Crippen LogP contribution in [0.2, 0.25) is 0 Å². The molecule has 2 aromatic heterocycles. The van der Waals surface area contributed by atoms with Crippen molar-refractivity contribution >= 4 is 38.6 Å². The molecule has 0 aromatic carbocycles. The summed E-state index contributed by atoms with van der Waals surface area (Å²) in [5.41, 5.74) is 1.43. The second kappa shape index (κ2) is 5.96. The molecule has 0 radical (unpaired) electrons. The van der Waals surface area contributed by atoms with Crippen molar-refractivity contribution in [1.29, 1.82) is 0 Å². The van der Waals surface area contributed by atoms with E-state index in [0.29, 0.717) is 6.04 Å². The van der Waals surface area contributed by atoms with Crippen LogP contribution in [0.3, 0.4) is 0 Å². The second-order valence-electron chi connectivity index (χ2n) is 3.81. The van der Waals surface area contributed by atoms with Crippen molar-refractivity contribution in [2.75, 3.05) is 0 Å². The Bertz CT molecular complexity index is 422. The molecule has 0 aliphatic carbocycles. The lowest BCUT2D eigenvalue weighted by atomic mass is 10.1. The molecular formula is C12H14BrNS2. The predicted molar refractivity (Wildman–Crippen MR) is 76.3 cm³/mol. The molecule has 0 amide bonds. The van der Waals surface area contributed by atoms with E-state index < -0.39 is 0 Å². The Balaban J connectivity index is 1.80. The Morgan fingerprint density at radius 2 is 2.25 bits per heavy atom. The number of halogens is 1. The third kappa shape index (κ3) is 3.42. The van der Waals surface area contributed by atoms with Crippen LogP contribution in [-0.4, -0.2) is 6.04 Å². The average Bonchev–Trinajstić information content (AvgIpc) is 2.87. The predicted octanol–water partition coefficient (Wildman–Crippen LogP) is 4.29. The van der Waals surface area contributed by atoms with E-state index in [2.05, 4.69) is 56.4 Å². The second-order valence-corrected chi connectivity index (χ2v) is 6.44. The highest BCUT2D eigenvalue weighted by molar-refractivity contribution is 9.10. The van der Waals surface area contributed by atoms with E-state index in [9.17, 15) is 0 Å². The third-order valence-electron chi connectivity index (χ3n) is 2.42. The van der Waals surface area contributed by atoms with E-state index in [1.165, 1.54) is 14.9 Å². The molecule has 86 valence electrons. The number of hydrogen-bond donors (Lipinski definition) is 1. The lowest BCUT2D eigenvalue weighted by molar-refractivity contribution is 0.549. The molecule has 2 aromatic rings. The van der Waals surface area contributed by atoms with E-state index in [1.54, 1.807) is 22.7 Å². The summed E-state index contributed by atoms with van der Waals surface area (Å²) in [5, 5.41) is 10.0.